The third kappa shape index (κ3) is 3.28. The number of amides is 1. The fourth-order valence-corrected chi connectivity index (χ4v) is 4.35. The number of nitrogens with zero attached hydrogens (tertiary/aromatic N) is 1. The Balaban J connectivity index is 1.99. The van der Waals surface area contributed by atoms with Crippen LogP contribution in [0, 0.1) is 11.3 Å². The van der Waals surface area contributed by atoms with Crippen molar-refractivity contribution in [2.75, 3.05) is 12.3 Å². The molecule has 1 unspecified atom stereocenters. The molecule has 2 aromatic rings. The SMILES string of the molecule is N#CC1(c2ccccc2)CCc2c(sc(N)c2C(=O)NCC(F)(F)F)C1=O. The molecule has 27 heavy (non-hydrogen) atoms. The van der Waals surface area contributed by atoms with Crippen molar-refractivity contribution in [1.82, 2.24) is 5.32 Å². The summed E-state index contributed by atoms with van der Waals surface area (Å²) in [5.41, 5.74) is 5.18. The molecule has 140 valence electrons. The van der Waals surface area contributed by atoms with Crippen molar-refractivity contribution in [3.8, 4) is 6.07 Å². The average Bonchev–Trinajstić information content (AvgIpc) is 2.97. The monoisotopic (exact) mass is 393 g/mol. The number of benzene rings is 1. The van der Waals surface area contributed by atoms with E-state index in [1.165, 1.54) is 0 Å². The summed E-state index contributed by atoms with van der Waals surface area (Å²) in [5, 5.41) is 11.5. The first kappa shape index (κ1) is 18.9. The molecule has 3 rings (SSSR count). The number of hydrogen-bond donors (Lipinski definition) is 2. The molecule has 1 aliphatic carbocycles. The Kier molecular flexibility index (Phi) is 4.70. The zero-order valence-corrected chi connectivity index (χ0v) is 14.7. The van der Waals surface area contributed by atoms with Gasteiger partial charge in [-0.2, -0.15) is 18.4 Å². The van der Waals surface area contributed by atoms with E-state index in [9.17, 15) is 28.0 Å². The first-order valence-electron chi connectivity index (χ1n) is 7.97. The van der Waals surface area contributed by atoms with Gasteiger partial charge in [-0.3, -0.25) is 9.59 Å². The highest BCUT2D eigenvalue weighted by atomic mass is 32.1. The number of nitriles is 1. The fraction of sp³-hybridized carbons (Fsp3) is 0.278. The summed E-state index contributed by atoms with van der Waals surface area (Å²) in [6.45, 7) is -1.49. The Morgan fingerprint density at radius 3 is 2.59 bits per heavy atom. The van der Waals surface area contributed by atoms with E-state index in [1.807, 2.05) is 0 Å². The summed E-state index contributed by atoms with van der Waals surface area (Å²) < 4.78 is 37.1. The van der Waals surface area contributed by atoms with Gasteiger partial charge in [0.15, 0.2) is 5.78 Å². The molecule has 1 aromatic heterocycles. The molecule has 5 nitrogen and oxygen atoms in total. The number of alkyl halides is 3. The summed E-state index contributed by atoms with van der Waals surface area (Å²) in [7, 11) is 0. The highest BCUT2D eigenvalue weighted by Crippen LogP contribution is 2.44. The van der Waals surface area contributed by atoms with Gasteiger partial charge in [0.05, 0.1) is 21.5 Å². The van der Waals surface area contributed by atoms with Gasteiger partial charge in [-0.1, -0.05) is 30.3 Å². The van der Waals surface area contributed by atoms with Gasteiger partial charge in [0.1, 0.15) is 12.0 Å². The lowest BCUT2D eigenvalue weighted by Crippen LogP contribution is -2.39. The lowest BCUT2D eigenvalue weighted by molar-refractivity contribution is -0.123. The summed E-state index contributed by atoms with van der Waals surface area (Å²) in [6, 6.07) is 10.7. The molecular weight excluding hydrogens is 379 g/mol. The molecule has 1 aliphatic rings. The number of fused-ring (bicyclic) bond motifs is 1. The molecule has 0 aliphatic heterocycles. The third-order valence-corrected chi connectivity index (χ3v) is 5.57. The van der Waals surface area contributed by atoms with E-state index in [1.54, 1.807) is 35.6 Å². The highest BCUT2D eigenvalue weighted by molar-refractivity contribution is 7.18. The number of nitrogens with one attached hydrogen (secondary N) is 1. The van der Waals surface area contributed by atoms with Gasteiger partial charge in [-0.15, -0.1) is 11.3 Å². The molecule has 0 radical (unpaired) electrons. The number of thiophene rings is 1. The van der Waals surface area contributed by atoms with E-state index < -0.39 is 29.8 Å². The topological polar surface area (TPSA) is 96.0 Å². The van der Waals surface area contributed by atoms with Crippen LogP contribution in [0.2, 0.25) is 0 Å². The van der Waals surface area contributed by atoms with Crippen molar-refractivity contribution in [1.29, 1.82) is 5.26 Å². The average molecular weight is 393 g/mol. The lowest BCUT2D eigenvalue weighted by Gasteiger charge is -2.29. The van der Waals surface area contributed by atoms with Gasteiger partial charge in [-0.25, -0.2) is 0 Å². The van der Waals surface area contributed by atoms with E-state index in [0.717, 1.165) is 11.3 Å². The van der Waals surface area contributed by atoms with Crippen molar-refractivity contribution >= 4 is 28.0 Å². The number of hydrogen-bond acceptors (Lipinski definition) is 5. The zero-order valence-electron chi connectivity index (χ0n) is 13.9. The minimum atomic E-state index is -4.56. The molecule has 1 amide bonds. The number of rotatable bonds is 3. The smallest absolute Gasteiger partial charge is 0.390 e. The second kappa shape index (κ2) is 6.70. The van der Waals surface area contributed by atoms with Crippen LogP contribution in [0.15, 0.2) is 30.3 Å². The maximum Gasteiger partial charge on any atom is 0.405 e. The summed E-state index contributed by atoms with van der Waals surface area (Å²) >= 11 is 0.834. The molecule has 0 spiro atoms. The van der Waals surface area contributed by atoms with Crippen molar-refractivity contribution in [2.45, 2.75) is 24.4 Å². The van der Waals surface area contributed by atoms with Crippen LogP contribution in [0.5, 0.6) is 0 Å². The highest BCUT2D eigenvalue weighted by Gasteiger charge is 2.47. The van der Waals surface area contributed by atoms with Crippen molar-refractivity contribution in [3.63, 3.8) is 0 Å². The normalized spacial score (nSPS) is 19.3. The van der Waals surface area contributed by atoms with Gasteiger partial charge in [-0.05, 0) is 24.0 Å². The van der Waals surface area contributed by atoms with Gasteiger partial charge in [0.25, 0.3) is 5.91 Å². The summed E-state index contributed by atoms with van der Waals surface area (Å²) in [6.07, 6.45) is -4.25. The number of halogens is 3. The number of ketones is 1. The van der Waals surface area contributed by atoms with Crippen molar-refractivity contribution < 1.29 is 22.8 Å². The fourth-order valence-electron chi connectivity index (χ4n) is 3.21. The van der Waals surface area contributed by atoms with E-state index in [4.69, 9.17) is 5.73 Å². The van der Waals surface area contributed by atoms with E-state index in [2.05, 4.69) is 6.07 Å². The van der Waals surface area contributed by atoms with Crippen LogP contribution in [-0.4, -0.2) is 24.4 Å². The Hall–Kier alpha value is -2.86. The number of carbonyl (C=O) groups excluding carboxylic acids is 2. The van der Waals surface area contributed by atoms with Gasteiger partial charge in [0.2, 0.25) is 0 Å². The second-order valence-corrected chi connectivity index (χ2v) is 7.21. The van der Waals surface area contributed by atoms with Crippen LogP contribution in [0.3, 0.4) is 0 Å². The predicted molar refractivity (Wildman–Crippen MR) is 93.5 cm³/mol. The molecule has 1 aromatic carbocycles. The molecule has 1 heterocycles. The van der Waals surface area contributed by atoms with Crippen LogP contribution < -0.4 is 11.1 Å². The molecule has 0 saturated heterocycles. The number of nitrogen functional groups attached to an aromatic ring is 1. The number of Topliss-reactive ketones (excluding diaryl/α,β-unsaturated/α-hetero) is 1. The number of nitrogens with two attached hydrogens (primary N) is 1. The Morgan fingerprint density at radius 1 is 1.33 bits per heavy atom. The van der Waals surface area contributed by atoms with E-state index in [0.29, 0.717) is 11.1 Å². The molecule has 0 fully saturated rings. The van der Waals surface area contributed by atoms with Gasteiger partial charge >= 0.3 is 6.18 Å². The van der Waals surface area contributed by atoms with Gasteiger partial charge in [0, 0.05) is 0 Å². The van der Waals surface area contributed by atoms with Crippen LogP contribution in [0.4, 0.5) is 18.2 Å². The maximum absolute atomic E-state index is 13.1. The van der Waals surface area contributed by atoms with E-state index >= 15 is 0 Å². The third-order valence-electron chi connectivity index (χ3n) is 4.51. The maximum atomic E-state index is 13.1. The molecule has 0 bridgehead atoms. The van der Waals surface area contributed by atoms with Crippen LogP contribution in [-0.2, 0) is 11.8 Å². The summed E-state index contributed by atoms with van der Waals surface area (Å²) in [4.78, 5) is 25.4. The Bertz CT molecular complexity index is 947. The van der Waals surface area contributed by atoms with Crippen molar-refractivity contribution in [3.05, 3.63) is 51.9 Å². The Morgan fingerprint density at radius 2 is 2.00 bits per heavy atom. The van der Waals surface area contributed by atoms with E-state index in [-0.39, 0.29) is 28.3 Å². The van der Waals surface area contributed by atoms with Gasteiger partial charge < -0.3 is 11.1 Å². The first-order chi connectivity index (χ1) is 12.7. The number of anilines is 1. The van der Waals surface area contributed by atoms with Crippen LogP contribution >= 0.6 is 11.3 Å². The molecular formula is C18H14F3N3O2S. The standard InChI is InChI=1S/C18H14F3N3O2S/c19-18(20,21)9-24-16(26)12-11-6-7-17(8-22,10-4-2-1-3-5-10)14(25)13(11)27-15(12)23/h1-5H,6-7,9,23H2,(H,24,26). The largest absolute Gasteiger partial charge is 0.405 e. The van der Waals surface area contributed by atoms with Crippen LogP contribution in [0.1, 0.15) is 37.6 Å². The molecule has 0 saturated carbocycles. The minimum Gasteiger partial charge on any atom is -0.390 e. The first-order valence-corrected chi connectivity index (χ1v) is 8.79. The molecule has 3 N–H and O–H groups in total. The molecule has 1 atom stereocenters. The van der Waals surface area contributed by atoms with Crippen molar-refractivity contribution in [2.24, 2.45) is 0 Å². The second-order valence-electron chi connectivity index (χ2n) is 6.16. The lowest BCUT2D eigenvalue weighted by atomic mass is 9.69. The number of carbonyl (C=O) groups is 2. The predicted octanol–water partition coefficient (Wildman–Crippen LogP) is 3.21. The minimum absolute atomic E-state index is 0.0326. The zero-order chi connectivity index (χ0) is 19.8. The Labute approximate surface area is 156 Å². The summed E-state index contributed by atoms with van der Waals surface area (Å²) in [5.74, 6) is -1.46. The molecule has 9 heteroatoms. The van der Waals surface area contributed by atoms with Crippen LogP contribution in [0.25, 0.3) is 0 Å². The quantitative estimate of drug-likeness (QED) is 0.837.